The first-order valence-electron chi connectivity index (χ1n) is 9.08. The van der Waals surface area contributed by atoms with Crippen molar-refractivity contribution in [2.45, 2.75) is 46.5 Å². The van der Waals surface area contributed by atoms with Crippen molar-refractivity contribution in [1.29, 1.82) is 0 Å². The van der Waals surface area contributed by atoms with E-state index in [1.165, 1.54) is 11.1 Å². The van der Waals surface area contributed by atoms with Crippen LogP contribution in [0.3, 0.4) is 0 Å². The van der Waals surface area contributed by atoms with Crippen molar-refractivity contribution < 1.29 is 4.74 Å². The molecule has 1 aromatic rings. The summed E-state index contributed by atoms with van der Waals surface area (Å²) < 4.78 is 5.32. The molecule has 25 heavy (non-hydrogen) atoms. The average molecular weight is 459 g/mol. The Morgan fingerprint density at radius 1 is 1.16 bits per heavy atom. The summed E-state index contributed by atoms with van der Waals surface area (Å²) in [5, 5.41) is 6.81. The highest BCUT2D eigenvalue weighted by molar-refractivity contribution is 14.0. The molecule has 1 heterocycles. The standard InChI is InChI=1S/C20H33N3O.HI/c1-6-16-8-10-17(11-9-16)19(3,4)12-22-18(21-7-2)23-13-20(5)14-24-15-20;/h8-11H,6-7,12-15H2,1-5H3,(H2,21,22,23);1H. The van der Waals surface area contributed by atoms with Crippen molar-refractivity contribution in [3.05, 3.63) is 35.4 Å². The van der Waals surface area contributed by atoms with Crippen molar-refractivity contribution in [2.75, 3.05) is 32.8 Å². The zero-order valence-corrected chi connectivity index (χ0v) is 18.6. The highest BCUT2D eigenvalue weighted by atomic mass is 127. The highest BCUT2D eigenvalue weighted by Crippen LogP contribution is 2.25. The van der Waals surface area contributed by atoms with Crippen molar-refractivity contribution >= 4 is 29.9 Å². The maximum absolute atomic E-state index is 5.32. The van der Waals surface area contributed by atoms with Gasteiger partial charge in [-0.3, -0.25) is 4.99 Å². The Kier molecular flexibility index (Phi) is 8.68. The van der Waals surface area contributed by atoms with Crippen LogP contribution >= 0.6 is 24.0 Å². The number of nitrogens with one attached hydrogen (secondary N) is 2. The number of guanidine groups is 1. The van der Waals surface area contributed by atoms with Crippen molar-refractivity contribution in [2.24, 2.45) is 10.4 Å². The Hall–Kier alpha value is -0.820. The minimum atomic E-state index is 0. The fourth-order valence-corrected chi connectivity index (χ4v) is 2.75. The normalized spacial score (nSPS) is 16.6. The number of aliphatic imine (C=N–C) groups is 1. The lowest BCUT2D eigenvalue weighted by atomic mass is 9.84. The molecule has 0 amide bonds. The minimum Gasteiger partial charge on any atom is -0.380 e. The lowest BCUT2D eigenvalue weighted by molar-refractivity contribution is -0.0971. The van der Waals surface area contributed by atoms with Crippen LogP contribution in [-0.2, 0) is 16.6 Å². The number of nitrogens with zero attached hydrogens (tertiary/aromatic N) is 1. The molecule has 1 aliphatic heterocycles. The van der Waals surface area contributed by atoms with Gasteiger partial charge in [0.25, 0.3) is 0 Å². The van der Waals surface area contributed by atoms with E-state index in [1.807, 2.05) is 0 Å². The molecule has 0 radical (unpaired) electrons. The number of rotatable bonds is 7. The molecule has 142 valence electrons. The van der Waals surface area contributed by atoms with Gasteiger partial charge in [0.15, 0.2) is 5.96 Å². The summed E-state index contributed by atoms with van der Waals surface area (Å²) in [7, 11) is 0. The van der Waals surface area contributed by atoms with Gasteiger partial charge >= 0.3 is 0 Å². The van der Waals surface area contributed by atoms with Crippen LogP contribution in [0.15, 0.2) is 29.3 Å². The van der Waals surface area contributed by atoms with Gasteiger partial charge in [-0.25, -0.2) is 0 Å². The SMILES string of the molecule is CCNC(=NCC(C)(C)c1ccc(CC)cc1)NCC1(C)COC1.I. The molecule has 0 atom stereocenters. The Bertz CT molecular complexity index is 551. The molecule has 0 spiro atoms. The van der Waals surface area contributed by atoms with Crippen LogP contribution in [-0.4, -0.2) is 38.8 Å². The molecule has 4 nitrogen and oxygen atoms in total. The van der Waals surface area contributed by atoms with E-state index in [0.29, 0.717) is 0 Å². The van der Waals surface area contributed by atoms with Gasteiger partial charge < -0.3 is 15.4 Å². The zero-order chi connectivity index (χ0) is 17.6. The van der Waals surface area contributed by atoms with Crippen molar-refractivity contribution in [3.8, 4) is 0 Å². The first kappa shape index (κ1) is 22.2. The summed E-state index contributed by atoms with van der Waals surface area (Å²) in [6.07, 6.45) is 1.08. The fraction of sp³-hybridized carbons (Fsp3) is 0.650. The van der Waals surface area contributed by atoms with Crippen molar-refractivity contribution in [1.82, 2.24) is 10.6 Å². The van der Waals surface area contributed by atoms with E-state index in [4.69, 9.17) is 9.73 Å². The van der Waals surface area contributed by atoms with Crippen LogP contribution < -0.4 is 10.6 Å². The maximum atomic E-state index is 5.32. The first-order chi connectivity index (χ1) is 11.4. The molecule has 5 heteroatoms. The molecule has 1 fully saturated rings. The van der Waals surface area contributed by atoms with E-state index in [9.17, 15) is 0 Å². The van der Waals surface area contributed by atoms with Gasteiger partial charge in [-0.2, -0.15) is 0 Å². The van der Waals surface area contributed by atoms with Crippen LogP contribution in [0.1, 0.15) is 45.7 Å². The monoisotopic (exact) mass is 459 g/mol. The third kappa shape index (κ3) is 6.44. The number of ether oxygens (including phenoxy) is 1. The smallest absolute Gasteiger partial charge is 0.191 e. The van der Waals surface area contributed by atoms with Gasteiger partial charge in [0.1, 0.15) is 0 Å². The molecule has 1 saturated heterocycles. The molecule has 0 saturated carbocycles. The Labute approximate surface area is 170 Å². The van der Waals surface area contributed by atoms with E-state index >= 15 is 0 Å². The third-order valence-corrected chi connectivity index (χ3v) is 4.70. The van der Waals surface area contributed by atoms with Gasteiger partial charge in [-0.15, -0.1) is 24.0 Å². The van der Waals surface area contributed by atoms with E-state index in [-0.39, 0.29) is 34.8 Å². The van der Waals surface area contributed by atoms with Gasteiger partial charge in [-0.1, -0.05) is 52.0 Å². The second-order valence-corrected chi connectivity index (χ2v) is 7.79. The number of hydrogen-bond donors (Lipinski definition) is 2. The van der Waals surface area contributed by atoms with Gasteiger partial charge in [0.2, 0.25) is 0 Å². The Morgan fingerprint density at radius 3 is 2.28 bits per heavy atom. The lowest BCUT2D eigenvalue weighted by Crippen LogP contribution is -2.51. The number of hydrogen-bond acceptors (Lipinski definition) is 2. The maximum Gasteiger partial charge on any atom is 0.191 e. The summed E-state index contributed by atoms with van der Waals surface area (Å²) in [6, 6.07) is 8.92. The van der Waals surface area contributed by atoms with E-state index in [2.05, 4.69) is 69.5 Å². The Morgan fingerprint density at radius 2 is 1.80 bits per heavy atom. The molecule has 2 rings (SSSR count). The van der Waals surface area contributed by atoms with Gasteiger partial charge in [-0.05, 0) is 24.5 Å². The minimum absolute atomic E-state index is 0. The Balaban J connectivity index is 0.00000312. The molecule has 1 aromatic carbocycles. The number of aryl methyl sites for hydroxylation is 1. The van der Waals surface area contributed by atoms with Crippen LogP contribution in [0.4, 0.5) is 0 Å². The van der Waals surface area contributed by atoms with Gasteiger partial charge in [0, 0.05) is 23.9 Å². The largest absolute Gasteiger partial charge is 0.380 e. The molecule has 0 aromatic heterocycles. The predicted octanol–water partition coefficient (Wildman–Crippen LogP) is 3.74. The fourth-order valence-electron chi connectivity index (χ4n) is 2.75. The van der Waals surface area contributed by atoms with Crippen LogP contribution in [0, 0.1) is 5.41 Å². The number of benzene rings is 1. The van der Waals surface area contributed by atoms with Crippen LogP contribution in [0.2, 0.25) is 0 Å². The molecule has 0 aliphatic carbocycles. The highest BCUT2D eigenvalue weighted by Gasteiger charge is 2.33. The van der Waals surface area contributed by atoms with Crippen LogP contribution in [0.5, 0.6) is 0 Å². The van der Waals surface area contributed by atoms with E-state index < -0.39 is 0 Å². The van der Waals surface area contributed by atoms with Crippen LogP contribution in [0.25, 0.3) is 0 Å². The summed E-state index contributed by atoms with van der Waals surface area (Å²) in [5.41, 5.74) is 2.96. The molecule has 1 aliphatic rings. The molecule has 0 unspecified atom stereocenters. The predicted molar refractivity (Wildman–Crippen MR) is 117 cm³/mol. The number of halogens is 1. The molecule has 2 N–H and O–H groups in total. The summed E-state index contributed by atoms with van der Waals surface area (Å²) in [6.45, 7) is 15.2. The van der Waals surface area contributed by atoms with Crippen molar-refractivity contribution in [3.63, 3.8) is 0 Å². The average Bonchev–Trinajstić information content (AvgIpc) is 2.55. The zero-order valence-electron chi connectivity index (χ0n) is 16.3. The first-order valence-corrected chi connectivity index (χ1v) is 9.08. The summed E-state index contributed by atoms with van der Waals surface area (Å²) in [4.78, 5) is 4.82. The third-order valence-electron chi connectivity index (χ3n) is 4.70. The van der Waals surface area contributed by atoms with E-state index in [1.54, 1.807) is 0 Å². The second kappa shape index (κ2) is 9.76. The molecular weight excluding hydrogens is 425 g/mol. The second-order valence-electron chi connectivity index (χ2n) is 7.79. The van der Waals surface area contributed by atoms with E-state index in [0.717, 1.165) is 45.2 Å². The molecule has 0 bridgehead atoms. The van der Waals surface area contributed by atoms with Gasteiger partial charge in [0.05, 0.1) is 19.8 Å². The molecular formula is C20H34IN3O. The summed E-state index contributed by atoms with van der Waals surface area (Å²) >= 11 is 0. The topological polar surface area (TPSA) is 45.7 Å². The quantitative estimate of drug-likeness (QED) is 0.371. The lowest BCUT2D eigenvalue weighted by Gasteiger charge is -2.38. The summed E-state index contributed by atoms with van der Waals surface area (Å²) in [5.74, 6) is 0.892.